The van der Waals surface area contributed by atoms with Gasteiger partial charge < -0.3 is 9.57 Å². The lowest BCUT2D eigenvalue weighted by Crippen LogP contribution is -2.21. The second-order valence-corrected chi connectivity index (χ2v) is 7.62. The Hall–Kier alpha value is -1.63. The number of carbonyl (C=O) groups excluding carboxylic acids is 1. The van der Waals surface area contributed by atoms with E-state index in [-0.39, 0.29) is 29.0 Å². The summed E-state index contributed by atoms with van der Waals surface area (Å²) in [4.78, 5) is 16.6. The number of halogens is 3. The van der Waals surface area contributed by atoms with E-state index in [9.17, 15) is 4.79 Å². The lowest BCUT2D eigenvalue weighted by Gasteiger charge is -2.17. The summed E-state index contributed by atoms with van der Waals surface area (Å²) in [7, 11) is 0. The number of hydrogen-bond acceptors (Lipinski definition) is 4. The van der Waals surface area contributed by atoms with Gasteiger partial charge in [0.05, 0.1) is 24.1 Å². The summed E-state index contributed by atoms with van der Waals surface area (Å²) < 4.78 is 21.6. The van der Waals surface area contributed by atoms with Crippen LogP contribution in [0.3, 0.4) is 0 Å². The molecule has 144 valence electrons. The van der Waals surface area contributed by atoms with Crippen LogP contribution in [-0.2, 0) is 16.2 Å². The molecule has 1 N–H and O–H groups in total. The van der Waals surface area contributed by atoms with E-state index >= 15 is 4.39 Å². The molecule has 1 saturated carbocycles. The van der Waals surface area contributed by atoms with E-state index in [0.29, 0.717) is 17.9 Å². The zero-order valence-corrected chi connectivity index (χ0v) is 17.4. The van der Waals surface area contributed by atoms with Crippen LogP contribution < -0.4 is 10.2 Å². The van der Waals surface area contributed by atoms with Crippen LogP contribution in [0.4, 0.5) is 4.39 Å². The first-order chi connectivity index (χ1) is 12.9. The first-order valence-electron chi connectivity index (χ1n) is 8.76. The van der Waals surface area contributed by atoms with E-state index in [1.807, 2.05) is 32.0 Å². The zero-order chi connectivity index (χ0) is 19.6. The zero-order valence-electron chi connectivity index (χ0n) is 15.1. The van der Waals surface area contributed by atoms with Crippen LogP contribution >= 0.6 is 27.5 Å². The lowest BCUT2D eigenvalue weighted by molar-refractivity contribution is -0.153. The third-order valence-corrected chi connectivity index (χ3v) is 5.69. The van der Waals surface area contributed by atoms with Crippen molar-refractivity contribution >= 4 is 33.5 Å². The second kappa shape index (κ2) is 8.59. The number of hydrogen-bond donors (Lipinski definition) is 1. The summed E-state index contributed by atoms with van der Waals surface area (Å²) >= 11 is 9.84. The first-order valence-corrected chi connectivity index (χ1v) is 9.93. The predicted molar refractivity (Wildman–Crippen MR) is 106 cm³/mol. The summed E-state index contributed by atoms with van der Waals surface area (Å²) in [6, 6.07) is 7.39. The van der Waals surface area contributed by atoms with Crippen molar-refractivity contribution in [3.05, 3.63) is 50.7 Å². The molecule has 1 aliphatic carbocycles. The molecular formula is C20H20BrClFNO3. The van der Waals surface area contributed by atoms with E-state index in [0.717, 1.165) is 28.4 Å². The van der Waals surface area contributed by atoms with Crippen molar-refractivity contribution in [2.24, 2.45) is 5.92 Å². The normalized spacial score (nSPS) is 13.5. The smallest absolute Gasteiger partial charge is 0.327 e. The average Bonchev–Trinajstić information content (AvgIpc) is 3.48. The van der Waals surface area contributed by atoms with Crippen LogP contribution in [0, 0.1) is 18.7 Å². The number of rotatable bonds is 7. The van der Waals surface area contributed by atoms with Crippen LogP contribution in [0.25, 0.3) is 11.1 Å². The van der Waals surface area contributed by atoms with E-state index in [1.54, 1.807) is 6.07 Å². The van der Waals surface area contributed by atoms with Crippen molar-refractivity contribution in [2.45, 2.75) is 33.2 Å². The highest BCUT2D eigenvalue weighted by Crippen LogP contribution is 2.40. The SMILES string of the molecule is CCOc1cc(-c2cccc(Br)c2C)c(Cl)c(F)c1CNOC(=O)C1CC1. The van der Waals surface area contributed by atoms with E-state index in [2.05, 4.69) is 21.4 Å². The summed E-state index contributed by atoms with van der Waals surface area (Å²) in [6.45, 7) is 4.09. The average molecular weight is 457 g/mol. The molecule has 0 radical (unpaired) electrons. The van der Waals surface area contributed by atoms with Gasteiger partial charge in [-0.25, -0.2) is 4.39 Å². The standard InChI is InChI=1S/C20H20BrClFNO3/c1-3-26-17-9-14(13-5-4-6-16(21)11(13)2)18(22)19(23)15(17)10-24-27-20(25)12-7-8-12/h4-6,9,12,24H,3,7-8,10H2,1-2H3. The molecule has 0 aromatic heterocycles. The fourth-order valence-corrected chi connectivity index (χ4v) is 3.40. The highest BCUT2D eigenvalue weighted by Gasteiger charge is 2.31. The van der Waals surface area contributed by atoms with Crippen molar-refractivity contribution in [3.8, 4) is 16.9 Å². The van der Waals surface area contributed by atoms with Gasteiger partial charge in [0, 0.05) is 15.6 Å². The first kappa shape index (κ1) is 20.1. The highest BCUT2D eigenvalue weighted by molar-refractivity contribution is 9.10. The largest absolute Gasteiger partial charge is 0.493 e. The number of hydroxylamine groups is 1. The molecule has 1 fully saturated rings. The minimum Gasteiger partial charge on any atom is -0.493 e. The van der Waals surface area contributed by atoms with Crippen LogP contribution in [0.2, 0.25) is 5.02 Å². The number of ether oxygens (including phenoxy) is 1. The third-order valence-electron chi connectivity index (χ3n) is 4.46. The van der Waals surface area contributed by atoms with E-state index in [1.165, 1.54) is 0 Å². The minimum absolute atomic E-state index is 0.00460. The molecule has 2 aromatic rings. The molecule has 1 aliphatic rings. The lowest BCUT2D eigenvalue weighted by atomic mass is 9.98. The molecule has 0 unspecified atom stereocenters. The number of benzene rings is 2. The molecule has 7 heteroatoms. The topological polar surface area (TPSA) is 47.6 Å². The Bertz CT molecular complexity index is 871. The van der Waals surface area contributed by atoms with Gasteiger partial charge in [0.15, 0.2) is 5.82 Å². The molecule has 27 heavy (non-hydrogen) atoms. The maximum absolute atomic E-state index is 15.1. The quantitative estimate of drug-likeness (QED) is 0.553. The fraction of sp³-hybridized carbons (Fsp3) is 0.350. The fourth-order valence-electron chi connectivity index (χ4n) is 2.77. The Balaban J connectivity index is 1.93. The van der Waals surface area contributed by atoms with Crippen LogP contribution in [0.15, 0.2) is 28.7 Å². The predicted octanol–water partition coefficient (Wildman–Crippen LogP) is 5.57. The maximum atomic E-state index is 15.1. The van der Waals surface area contributed by atoms with Gasteiger partial charge in [-0.1, -0.05) is 39.7 Å². The summed E-state index contributed by atoms with van der Waals surface area (Å²) in [5.41, 5.74) is 5.07. The van der Waals surface area contributed by atoms with E-state index < -0.39 is 5.82 Å². The van der Waals surface area contributed by atoms with Crippen LogP contribution in [0.1, 0.15) is 30.9 Å². The maximum Gasteiger partial charge on any atom is 0.327 e. The van der Waals surface area contributed by atoms with Crippen molar-refractivity contribution < 1.29 is 18.8 Å². The molecule has 0 heterocycles. The molecule has 2 aromatic carbocycles. The summed E-state index contributed by atoms with van der Waals surface area (Å²) in [5, 5.41) is 0.00460. The van der Waals surface area contributed by atoms with Gasteiger partial charge in [0.2, 0.25) is 0 Å². The highest BCUT2D eigenvalue weighted by atomic mass is 79.9. The van der Waals surface area contributed by atoms with E-state index in [4.69, 9.17) is 21.2 Å². The Labute approximate surface area is 171 Å². The van der Waals surface area contributed by atoms with Crippen LogP contribution in [-0.4, -0.2) is 12.6 Å². The minimum atomic E-state index is -0.591. The van der Waals surface area contributed by atoms with Gasteiger partial charge in [-0.2, -0.15) is 0 Å². The molecule has 0 amide bonds. The van der Waals surface area contributed by atoms with Crippen molar-refractivity contribution in [2.75, 3.05) is 6.61 Å². The Morgan fingerprint density at radius 1 is 1.37 bits per heavy atom. The molecule has 0 bridgehead atoms. The summed E-state index contributed by atoms with van der Waals surface area (Å²) in [6.07, 6.45) is 1.68. The Morgan fingerprint density at radius 2 is 2.11 bits per heavy atom. The monoisotopic (exact) mass is 455 g/mol. The molecular weight excluding hydrogens is 437 g/mol. The Kier molecular flexibility index (Phi) is 6.40. The van der Waals surface area contributed by atoms with Gasteiger partial charge in [0.1, 0.15) is 5.75 Å². The molecule has 0 spiro atoms. The van der Waals surface area contributed by atoms with Gasteiger partial charge >= 0.3 is 5.97 Å². The second-order valence-electron chi connectivity index (χ2n) is 6.39. The van der Waals surface area contributed by atoms with Crippen LogP contribution in [0.5, 0.6) is 5.75 Å². The van der Waals surface area contributed by atoms with Gasteiger partial charge in [0.25, 0.3) is 0 Å². The molecule has 0 saturated heterocycles. The van der Waals surface area contributed by atoms with Crippen molar-refractivity contribution in [1.82, 2.24) is 5.48 Å². The molecule has 0 atom stereocenters. The van der Waals surface area contributed by atoms with Gasteiger partial charge in [-0.05, 0) is 49.9 Å². The van der Waals surface area contributed by atoms with Crippen molar-refractivity contribution in [1.29, 1.82) is 0 Å². The van der Waals surface area contributed by atoms with Gasteiger partial charge in [-0.3, -0.25) is 4.79 Å². The number of nitrogens with one attached hydrogen (secondary N) is 1. The van der Waals surface area contributed by atoms with Crippen molar-refractivity contribution in [3.63, 3.8) is 0 Å². The molecule has 3 rings (SSSR count). The third kappa shape index (κ3) is 4.45. The Morgan fingerprint density at radius 3 is 2.78 bits per heavy atom. The van der Waals surface area contributed by atoms with Gasteiger partial charge in [-0.15, -0.1) is 5.48 Å². The number of carbonyl (C=O) groups is 1. The molecule has 4 nitrogen and oxygen atoms in total. The molecule has 0 aliphatic heterocycles. The summed E-state index contributed by atoms with van der Waals surface area (Å²) in [5.74, 6) is -0.587.